The third-order valence-electron chi connectivity index (χ3n) is 8.90. The van der Waals surface area contributed by atoms with Crippen molar-refractivity contribution in [3.63, 3.8) is 0 Å². The fourth-order valence-corrected chi connectivity index (χ4v) is 6.94. The molecule has 0 saturated carbocycles. The van der Waals surface area contributed by atoms with Gasteiger partial charge in [0.05, 0.1) is 43.0 Å². The molecule has 246 valence electrons. The highest BCUT2D eigenvalue weighted by atomic mass is 35.5. The number of ether oxygens (including phenoxy) is 3. The summed E-state index contributed by atoms with van der Waals surface area (Å²) >= 11 is 7.62. The minimum absolute atomic E-state index is 0.0738. The van der Waals surface area contributed by atoms with Gasteiger partial charge in [-0.2, -0.15) is 4.98 Å². The smallest absolute Gasteiger partial charge is 0.344 e. The number of rotatable bonds is 12. The van der Waals surface area contributed by atoms with Crippen molar-refractivity contribution in [2.75, 3.05) is 13.7 Å². The van der Waals surface area contributed by atoms with Crippen molar-refractivity contribution in [2.24, 2.45) is 5.92 Å². The second-order valence-corrected chi connectivity index (χ2v) is 13.0. The Hall–Kier alpha value is -3.77. The van der Waals surface area contributed by atoms with Crippen LogP contribution in [-0.2, 0) is 37.4 Å². The lowest BCUT2D eigenvalue weighted by Gasteiger charge is -2.31. The Bertz CT molecular complexity index is 1840. The number of carbonyl (C=O) groups excluding carboxylic acids is 1. The molecule has 1 aliphatic rings. The number of thiazole rings is 1. The van der Waals surface area contributed by atoms with E-state index in [4.69, 9.17) is 25.8 Å². The summed E-state index contributed by atoms with van der Waals surface area (Å²) in [6.45, 7) is 5.84. The number of carbonyl (C=O) groups is 1. The van der Waals surface area contributed by atoms with Crippen LogP contribution >= 0.6 is 22.9 Å². The number of hydrogen-bond acceptors (Lipinski definition) is 9. The summed E-state index contributed by atoms with van der Waals surface area (Å²) in [5.74, 6) is -1.18. The molecule has 6 rings (SSSR count). The first-order chi connectivity index (χ1) is 22.8. The van der Waals surface area contributed by atoms with E-state index < -0.39 is 36.0 Å². The Morgan fingerprint density at radius 1 is 1.15 bits per heavy atom. The van der Waals surface area contributed by atoms with E-state index >= 15 is 4.39 Å². The van der Waals surface area contributed by atoms with Gasteiger partial charge in [-0.05, 0) is 53.6 Å². The van der Waals surface area contributed by atoms with Crippen molar-refractivity contribution >= 4 is 40.1 Å². The molecule has 4 heterocycles. The summed E-state index contributed by atoms with van der Waals surface area (Å²) in [5, 5.41) is 1.85. The molecule has 2 aromatic carbocycles. The molecule has 0 spiro atoms. The van der Waals surface area contributed by atoms with Gasteiger partial charge >= 0.3 is 5.97 Å². The number of methoxy groups -OCH3 is 1. The van der Waals surface area contributed by atoms with Crippen molar-refractivity contribution in [2.45, 2.75) is 70.6 Å². The van der Waals surface area contributed by atoms with Crippen molar-refractivity contribution in [1.82, 2.24) is 24.5 Å². The molecule has 0 amide bonds. The van der Waals surface area contributed by atoms with Crippen LogP contribution in [-0.4, -0.2) is 56.5 Å². The van der Waals surface area contributed by atoms with E-state index in [1.54, 1.807) is 22.4 Å². The fraction of sp³-hybridized carbons (Fsp3) is 0.400. The quantitative estimate of drug-likeness (QED) is 0.0991. The number of halogens is 2. The highest BCUT2D eigenvalue weighted by molar-refractivity contribution is 7.07. The summed E-state index contributed by atoms with van der Waals surface area (Å²) in [7, 11) is 1.32. The molecule has 1 aliphatic heterocycles. The molecule has 0 N–H and O–H groups in total. The minimum atomic E-state index is -1.58. The van der Waals surface area contributed by atoms with Gasteiger partial charge in [-0.1, -0.05) is 68.8 Å². The third-order valence-corrected chi connectivity index (χ3v) is 9.66. The molecule has 1 unspecified atom stereocenters. The summed E-state index contributed by atoms with van der Waals surface area (Å²) in [4.78, 5) is 31.3. The number of hydrogen-bond donors (Lipinski definition) is 0. The summed E-state index contributed by atoms with van der Waals surface area (Å²) in [6, 6.07) is 16.2. The molecule has 0 aliphatic carbocycles. The molecule has 5 atom stereocenters. The molecule has 1 fully saturated rings. The van der Waals surface area contributed by atoms with E-state index in [1.165, 1.54) is 30.3 Å². The Labute approximate surface area is 282 Å². The molecule has 12 heteroatoms. The lowest BCUT2D eigenvalue weighted by molar-refractivity contribution is -0.179. The van der Waals surface area contributed by atoms with E-state index in [-0.39, 0.29) is 18.3 Å². The highest BCUT2D eigenvalue weighted by Gasteiger charge is 2.49. The normalized spacial score (nSPS) is 20.8. The third kappa shape index (κ3) is 6.54. The number of alkyl halides is 1. The Balaban J connectivity index is 1.26. The monoisotopic (exact) mass is 677 g/mol. The van der Waals surface area contributed by atoms with Crippen LogP contribution in [0.2, 0.25) is 5.28 Å². The van der Waals surface area contributed by atoms with Gasteiger partial charge in [0.15, 0.2) is 18.0 Å². The van der Waals surface area contributed by atoms with Crippen LogP contribution < -0.4 is 0 Å². The average molecular weight is 678 g/mol. The standard InChI is InChI=1S/C35H37ClFN5O4S/c1-5-6-11-26-30-31(41-34(36)40-26)42(19-38-30)32-29(37)22(3)27(46-32)17-45-35(33(43)44-4,28-18-47-20-39-28)16-23-12-14-24(15-13-23)25-10-8-7-9-21(25)2/h7-10,12-15,18-20,22,27,29,32H,5-6,11,16-17H2,1-4H3/t22-,27-,29+,32-,35?/m1/s1. The van der Waals surface area contributed by atoms with Gasteiger partial charge in [0.1, 0.15) is 5.52 Å². The number of esters is 1. The molecular formula is C35H37ClFN5O4S. The Kier molecular flexibility index (Phi) is 9.98. The van der Waals surface area contributed by atoms with E-state index in [9.17, 15) is 4.79 Å². The van der Waals surface area contributed by atoms with Gasteiger partial charge in [0.2, 0.25) is 10.9 Å². The van der Waals surface area contributed by atoms with Crippen LogP contribution in [0.1, 0.15) is 55.4 Å². The first-order valence-electron chi connectivity index (χ1n) is 15.7. The van der Waals surface area contributed by atoms with Crippen LogP contribution in [0.15, 0.2) is 65.7 Å². The Morgan fingerprint density at radius 3 is 2.64 bits per heavy atom. The van der Waals surface area contributed by atoms with E-state index in [0.29, 0.717) is 23.3 Å². The highest BCUT2D eigenvalue weighted by Crippen LogP contribution is 2.40. The zero-order chi connectivity index (χ0) is 33.1. The topological polar surface area (TPSA) is 101 Å². The van der Waals surface area contributed by atoms with Crippen LogP contribution in [0.4, 0.5) is 4.39 Å². The van der Waals surface area contributed by atoms with Crippen LogP contribution in [0.5, 0.6) is 0 Å². The van der Waals surface area contributed by atoms with Crippen molar-refractivity contribution in [1.29, 1.82) is 0 Å². The van der Waals surface area contributed by atoms with Crippen LogP contribution in [0.3, 0.4) is 0 Å². The van der Waals surface area contributed by atoms with Crippen LogP contribution in [0.25, 0.3) is 22.3 Å². The lowest BCUT2D eigenvalue weighted by Crippen LogP contribution is -2.44. The van der Waals surface area contributed by atoms with Gasteiger partial charge in [-0.15, -0.1) is 11.3 Å². The molecule has 47 heavy (non-hydrogen) atoms. The van der Waals surface area contributed by atoms with E-state index in [2.05, 4.69) is 45.9 Å². The van der Waals surface area contributed by atoms with Crippen LogP contribution in [0, 0.1) is 12.8 Å². The van der Waals surface area contributed by atoms with Crippen molar-refractivity contribution in [3.8, 4) is 11.1 Å². The SMILES string of the molecule is CCCCc1nc(Cl)nc2c1ncn2[C@@H]1O[C@H](COC(Cc2ccc(-c3ccccc3C)cc2)(C(=O)OC)c2cscn2)[C@@H](C)[C@@H]1F. The number of nitrogens with zero attached hydrogens (tertiary/aromatic N) is 5. The zero-order valence-corrected chi connectivity index (χ0v) is 28.3. The van der Waals surface area contributed by atoms with Crippen molar-refractivity contribution in [3.05, 3.63) is 93.5 Å². The number of fused-ring (bicyclic) bond motifs is 1. The molecule has 5 aromatic rings. The predicted octanol–water partition coefficient (Wildman–Crippen LogP) is 7.45. The maximum Gasteiger partial charge on any atom is 0.344 e. The summed E-state index contributed by atoms with van der Waals surface area (Å²) in [6.07, 6.45) is 1.13. The first-order valence-corrected chi connectivity index (χ1v) is 17.0. The van der Waals surface area contributed by atoms with Gasteiger partial charge < -0.3 is 14.2 Å². The molecule has 0 radical (unpaired) electrons. The van der Waals surface area contributed by atoms with Crippen molar-refractivity contribution < 1.29 is 23.4 Å². The maximum absolute atomic E-state index is 16.0. The Morgan fingerprint density at radius 2 is 1.94 bits per heavy atom. The molecule has 1 saturated heterocycles. The maximum atomic E-state index is 16.0. The predicted molar refractivity (Wildman–Crippen MR) is 179 cm³/mol. The molecular weight excluding hydrogens is 641 g/mol. The number of benzene rings is 2. The van der Waals surface area contributed by atoms with Gasteiger partial charge in [0, 0.05) is 17.7 Å². The second kappa shape index (κ2) is 14.1. The summed E-state index contributed by atoms with van der Waals surface area (Å²) < 4.78 is 35.7. The average Bonchev–Trinajstić information content (AvgIpc) is 3.83. The summed E-state index contributed by atoms with van der Waals surface area (Å²) in [5.41, 5.74) is 6.41. The fourth-order valence-electron chi connectivity index (χ4n) is 6.14. The lowest BCUT2D eigenvalue weighted by atomic mass is 9.90. The van der Waals surface area contributed by atoms with Gasteiger partial charge in [0.25, 0.3) is 0 Å². The van der Waals surface area contributed by atoms with Gasteiger partial charge in [-0.25, -0.2) is 24.1 Å². The molecule has 9 nitrogen and oxygen atoms in total. The largest absolute Gasteiger partial charge is 0.467 e. The second-order valence-electron chi connectivity index (χ2n) is 11.9. The minimum Gasteiger partial charge on any atom is -0.467 e. The number of aromatic nitrogens is 5. The van der Waals surface area contributed by atoms with E-state index in [1.807, 2.05) is 36.4 Å². The zero-order valence-electron chi connectivity index (χ0n) is 26.7. The molecule has 3 aromatic heterocycles. The number of unbranched alkanes of at least 4 members (excludes halogenated alkanes) is 1. The van der Waals surface area contributed by atoms with E-state index in [0.717, 1.165) is 35.2 Å². The number of aryl methyl sites for hydroxylation is 2. The first kappa shape index (κ1) is 33.1. The number of imidazole rings is 1. The van der Waals surface area contributed by atoms with Gasteiger partial charge in [-0.3, -0.25) is 4.57 Å². The molecule has 0 bridgehead atoms.